The zero-order valence-corrected chi connectivity index (χ0v) is 11.1. The average molecular weight is 267 g/mol. The molecule has 2 aromatic rings. The molecule has 0 aliphatic rings. The Kier molecular flexibility index (Phi) is 3.72. The Morgan fingerprint density at radius 3 is 2.78 bits per heavy atom. The van der Waals surface area contributed by atoms with Gasteiger partial charge in [-0.15, -0.1) is 0 Å². The van der Waals surface area contributed by atoms with E-state index in [1.54, 1.807) is 30.1 Å². The smallest absolute Gasteiger partial charge is 0.328 e. The van der Waals surface area contributed by atoms with Crippen LogP contribution >= 0.6 is 11.6 Å². The Morgan fingerprint density at radius 1 is 1.39 bits per heavy atom. The van der Waals surface area contributed by atoms with Gasteiger partial charge in [0, 0.05) is 26.0 Å². The summed E-state index contributed by atoms with van der Waals surface area (Å²) in [5.41, 5.74) is 0.602. The van der Waals surface area contributed by atoms with E-state index in [0.29, 0.717) is 17.3 Å². The predicted octanol–water partition coefficient (Wildman–Crippen LogP) is 1.72. The summed E-state index contributed by atoms with van der Waals surface area (Å²) in [5.74, 6) is 0.765. The van der Waals surface area contributed by atoms with Crippen LogP contribution in [0.4, 0.5) is 5.82 Å². The van der Waals surface area contributed by atoms with Crippen LogP contribution in [0.1, 0.15) is 12.6 Å². The first-order chi connectivity index (χ1) is 8.61. The Balaban J connectivity index is 2.30. The monoisotopic (exact) mass is 266 g/mol. The van der Waals surface area contributed by atoms with Crippen molar-refractivity contribution in [1.29, 1.82) is 0 Å². The number of aromatic nitrogens is 3. The standard InChI is InChI=1S/C12H15ClN4O/c1-3-14-11-5-4-9(13)10(15-11)8-17-7-6-16(2)12(17)18/h4-7H,3,8H2,1-2H3,(H,14,15). The molecule has 0 aromatic carbocycles. The minimum atomic E-state index is -0.0817. The summed E-state index contributed by atoms with van der Waals surface area (Å²) in [4.78, 5) is 16.1. The maximum atomic E-state index is 11.7. The number of hydrogen-bond acceptors (Lipinski definition) is 3. The van der Waals surface area contributed by atoms with Crippen LogP contribution in [0.25, 0.3) is 0 Å². The van der Waals surface area contributed by atoms with Gasteiger partial charge in [-0.2, -0.15) is 0 Å². The number of pyridine rings is 1. The molecule has 0 spiro atoms. The number of rotatable bonds is 4. The Morgan fingerprint density at radius 2 is 2.17 bits per heavy atom. The molecule has 0 saturated heterocycles. The molecule has 0 unspecified atom stereocenters. The van der Waals surface area contributed by atoms with Crippen LogP contribution in [-0.4, -0.2) is 20.7 Å². The first kappa shape index (κ1) is 12.7. The SMILES string of the molecule is CCNc1ccc(Cl)c(Cn2ccn(C)c2=O)n1. The quantitative estimate of drug-likeness (QED) is 0.917. The second-order valence-corrected chi connectivity index (χ2v) is 4.38. The van der Waals surface area contributed by atoms with Crippen LogP contribution in [-0.2, 0) is 13.6 Å². The summed E-state index contributed by atoms with van der Waals surface area (Å²) in [6.07, 6.45) is 3.44. The van der Waals surface area contributed by atoms with Crippen molar-refractivity contribution >= 4 is 17.4 Å². The van der Waals surface area contributed by atoms with E-state index in [-0.39, 0.29) is 5.69 Å². The van der Waals surface area contributed by atoms with Crippen molar-refractivity contribution in [1.82, 2.24) is 14.1 Å². The summed E-state index contributed by atoms with van der Waals surface area (Å²) in [6.45, 7) is 3.16. The highest BCUT2D eigenvalue weighted by atomic mass is 35.5. The fourth-order valence-electron chi connectivity index (χ4n) is 1.67. The molecule has 5 nitrogen and oxygen atoms in total. The van der Waals surface area contributed by atoms with Crippen LogP contribution in [0.15, 0.2) is 29.3 Å². The molecule has 6 heteroatoms. The number of nitrogens with zero attached hydrogens (tertiary/aromatic N) is 3. The fraction of sp³-hybridized carbons (Fsp3) is 0.333. The second-order valence-electron chi connectivity index (χ2n) is 3.97. The van der Waals surface area contributed by atoms with E-state index in [1.165, 1.54) is 4.57 Å². The summed E-state index contributed by atoms with van der Waals surface area (Å²) in [5, 5.41) is 3.68. The number of hydrogen-bond donors (Lipinski definition) is 1. The number of imidazole rings is 1. The van der Waals surface area contributed by atoms with Crippen molar-refractivity contribution in [3.8, 4) is 0 Å². The maximum Gasteiger partial charge on any atom is 0.328 e. The molecule has 0 radical (unpaired) electrons. The molecule has 0 atom stereocenters. The lowest BCUT2D eigenvalue weighted by Gasteiger charge is -2.07. The third-order valence-electron chi connectivity index (χ3n) is 2.61. The van der Waals surface area contributed by atoms with Gasteiger partial charge >= 0.3 is 5.69 Å². The number of aryl methyl sites for hydroxylation is 1. The van der Waals surface area contributed by atoms with E-state index < -0.39 is 0 Å². The fourth-order valence-corrected chi connectivity index (χ4v) is 1.83. The van der Waals surface area contributed by atoms with Gasteiger partial charge in [0.05, 0.1) is 17.3 Å². The molecule has 18 heavy (non-hydrogen) atoms. The van der Waals surface area contributed by atoms with Crippen LogP contribution < -0.4 is 11.0 Å². The molecule has 96 valence electrons. The molecule has 0 saturated carbocycles. The van der Waals surface area contributed by atoms with E-state index >= 15 is 0 Å². The van der Waals surface area contributed by atoms with Gasteiger partial charge in [0.1, 0.15) is 5.82 Å². The maximum absolute atomic E-state index is 11.7. The molecular weight excluding hydrogens is 252 g/mol. The minimum absolute atomic E-state index is 0.0817. The van der Waals surface area contributed by atoms with Gasteiger partial charge in [0.2, 0.25) is 0 Å². The van der Waals surface area contributed by atoms with Crippen molar-refractivity contribution < 1.29 is 0 Å². The zero-order valence-electron chi connectivity index (χ0n) is 10.4. The average Bonchev–Trinajstić information content (AvgIpc) is 2.66. The van der Waals surface area contributed by atoms with Gasteiger partial charge in [0.25, 0.3) is 0 Å². The van der Waals surface area contributed by atoms with E-state index in [9.17, 15) is 4.79 Å². The summed E-state index contributed by atoms with van der Waals surface area (Å²) >= 11 is 6.09. The lowest BCUT2D eigenvalue weighted by atomic mass is 10.3. The molecule has 0 bridgehead atoms. The highest BCUT2D eigenvalue weighted by Crippen LogP contribution is 2.17. The third kappa shape index (κ3) is 2.56. The predicted molar refractivity (Wildman–Crippen MR) is 72.2 cm³/mol. The van der Waals surface area contributed by atoms with Gasteiger partial charge in [-0.25, -0.2) is 9.78 Å². The molecular formula is C12H15ClN4O. The molecule has 2 rings (SSSR count). The molecule has 0 aliphatic carbocycles. The molecule has 0 fully saturated rings. The van der Waals surface area contributed by atoms with E-state index in [2.05, 4.69) is 10.3 Å². The first-order valence-electron chi connectivity index (χ1n) is 5.73. The summed E-state index contributed by atoms with van der Waals surface area (Å²) < 4.78 is 3.09. The van der Waals surface area contributed by atoms with E-state index in [0.717, 1.165) is 12.4 Å². The van der Waals surface area contributed by atoms with Crippen molar-refractivity contribution in [2.24, 2.45) is 7.05 Å². The van der Waals surface area contributed by atoms with Crippen LogP contribution in [0, 0.1) is 0 Å². The van der Waals surface area contributed by atoms with Crippen LogP contribution in [0.2, 0.25) is 5.02 Å². The van der Waals surface area contributed by atoms with Gasteiger partial charge in [0.15, 0.2) is 0 Å². The van der Waals surface area contributed by atoms with Crippen molar-refractivity contribution in [3.05, 3.63) is 45.7 Å². The van der Waals surface area contributed by atoms with Crippen LogP contribution in [0.5, 0.6) is 0 Å². The van der Waals surface area contributed by atoms with E-state index in [4.69, 9.17) is 11.6 Å². The highest BCUT2D eigenvalue weighted by molar-refractivity contribution is 6.31. The van der Waals surface area contributed by atoms with Crippen molar-refractivity contribution in [2.75, 3.05) is 11.9 Å². The van der Waals surface area contributed by atoms with Gasteiger partial charge in [-0.3, -0.25) is 4.57 Å². The second kappa shape index (κ2) is 5.27. The molecule has 0 amide bonds. The zero-order chi connectivity index (χ0) is 13.1. The number of halogens is 1. The van der Waals surface area contributed by atoms with Gasteiger partial charge in [-0.1, -0.05) is 11.6 Å². The summed E-state index contributed by atoms with van der Waals surface area (Å²) in [7, 11) is 1.71. The third-order valence-corrected chi connectivity index (χ3v) is 2.96. The normalized spacial score (nSPS) is 10.6. The lowest BCUT2D eigenvalue weighted by molar-refractivity contribution is 0.705. The van der Waals surface area contributed by atoms with Crippen LogP contribution in [0.3, 0.4) is 0 Å². The highest BCUT2D eigenvalue weighted by Gasteiger charge is 2.07. The largest absolute Gasteiger partial charge is 0.370 e. The number of nitrogens with one attached hydrogen (secondary N) is 1. The Labute approximate surface area is 110 Å². The Hall–Kier alpha value is -1.75. The van der Waals surface area contributed by atoms with E-state index in [1.807, 2.05) is 13.0 Å². The Bertz CT molecular complexity index is 602. The number of anilines is 1. The molecule has 0 aliphatic heterocycles. The first-order valence-corrected chi connectivity index (χ1v) is 6.10. The van der Waals surface area contributed by atoms with Crippen molar-refractivity contribution in [2.45, 2.75) is 13.5 Å². The minimum Gasteiger partial charge on any atom is -0.370 e. The molecule has 2 heterocycles. The summed E-state index contributed by atoms with van der Waals surface area (Å²) in [6, 6.07) is 3.61. The molecule has 1 N–H and O–H groups in total. The lowest BCUT2D eigenvalue weighted by Crippen LogP contribution is -2.22. The van der Waals surface area contributed by atoms with Gasteiger partial charge < -0.3 is 9.88 Å². The molecule has 2 aromatic heterocycles. The van der Waals surface area contributed by atoms with Crippen molar-refractivity contribution in [3.63, 3.8) is 0 Å². The topological polar surface area (TPSA) is 51.9 Å². The van der Waals surface area contributed by atoms with Gasteiger partial charge in [-0.05, 0) is 19.1 Å².